The first-order valence-corrected chi connectivity index (χ1v) is 6.42. The van der Waals surface area contributed by atoms with Crippen LogP contribution in [0.4, 0.5) is 4.39 Å². The lowest BCUT2D eigenvalue weighted by molar-refractivity contribution is 0.486. The number of aromatic nitrogens is 3. The molecule has 0 bridgehead atoms. The topological polar surface area (TPSA) is 30.7 Å². The van der Waals surface area contributed by atoms with Crippen molar-refractivity contribution in [3.05, 3.63) is 34.3 Å². The molecule has 0 aliphatic carbocycles. The van der Waals surface area contributed by atoms with Crippen LogP contribution in [-0.2, 0) is 13.0 Å². The molecule has 88 valence electrons. The van der Waals surface area contributed by atoms with Crippen LogP contribution in [0.1, 0.15) is 18.5 Å². The lowest BCUT2D eigenvalue weighted by atomic mass is 10.1. The second-order valence-electron chi connectivity index (χ2n) is 4.15. The molecule has 0 radical (unpaired) electrons. The number of pyridine rings is 1. The van der Waals surface area contributed by atoms with Gasteiger partial charge in [-0.25, -0.2) is 4.39 Å². The first-order valence-electron chi connectivity index (χ1n) is 5.63. The molecule has 0 atom stereocenters. The first-order chi connectivity index (χ1) is 8.25. The average Bonchev–Trinajstić information content (AvgIpc) is 2.69. The van der Waals surface area contributed by atoms with Crippen LogP contribution in [0.25, 0.3) is 11.4 Å². The third-order valence-corrected chi connectivity index (χ3v) is 3.83. The molecule has 0 aromatic carbocycles. The van der Waals surface area contributed by atoms with Gasteiger partial charge in [0.25, 0.3) is 0 Å². The fourth-order valence-electron chi connectivity index (χ4n) is 2.13. The van der Waals surface area contributed by atoms with E-state index in [1.54, 1.807) is 6.07 Å². The van der Waals surface area contributed by atoms with Gasteiger partial charge in [0.1, 0.15) is 11.5 Å². The summed E-state index contributed by atoms with van der Waals surface area (Å²) in [5.41, 5.74) is 2.74. The van der Waals surface area contributed by atoms with Gasteiger partial charge >= 0.3 is 0 Å². The molecule has 0 amide bonds. The van der Waals surface area contributed by atoms with Crippen LogP contribution in [0.2, 0.25) is 0 Å². The van der Waals surface area contributed by atoms with E-state index < -0.39 is 0 Å². The van der Waals surface area contributed by atoms with Gasteiger partial charge in [-0.1, -0.05) is 0 Å². The second-order valence-corrected chi connectivity index (χ2v) is 4.94. The highest BCUT2D eigenvalue weighted by atomic mass is 79.9. The van der Waals surface area contributed by atoms with E-state index in [1.165, 1.54) is 24.4 Å². The van der Waals surface area contributed by atoms with Gasteiger partial charge in [-0.05, 0) is 47.3 Å². The fraction of sp³-hybridized carbons (Fsp3) is 0.333. The Morgan fingerprint density at radius 1 is 1.29 bits per heavy atom. The van der Waals surface area contributed by atoms with Crippen molar-refractivity contribution in [1.29, 1.82) is 0 Å². The Hall–Kier alpha value is -1.23. The number of rotatable bonds is 1. The maximum atomic E-state index is 12.8. The lowest BCUT2D eigenvalue weighted by Crippen LogP contribution is -2.10. The summed E-state index contributed by atoms with van der Waals surface area (Å²) in [5, 5.41) is 4.54. The molecule has 3 rings (SSSR count). The summed E-state index contributed by atoms with van der Waals surface area (Å²) in [6.07, 6.45) is 4.62. The molecule has 3 heterocycles. The van der Waals surface area contributed by atoms with Gasteiger partial charge in [-0.3, -0.25) is 9.67 Å². The van der Waals surface area contributed by atoms with Crippen LogP contribution in [0.15, 0.2) is 22.8 Å². The third kappa shape index (κ3) is 1.88. The molecule has 0 saturated heterocycles. The Morgan fingerprint density at radius 3 is 2.88 bits per heavy atom. The predicted octanol–water partition coefficient (Wildman–Crippen LogP) is 3.18. The molecule has 0 spiro atoms. The van der Waals surface area contributed by atoms with Crippen LogP contribution in [-0.4, -0.2) is 14.8 Å². The summed E-state index contributed by atoms with van der Waals surface area (Å²) >= 11 is 3.58. The molecular formula is C12H11BrFN3. The summed E-state index contributed by atoms with van der Waals surface area (Å²) < 4.78 is 15.8. The van der Waals surface area contributed by atoms with Crippen molar-refractivity contribution in [3.8, 4) is 11.4 Å². The number of aryl methyl sites for hydroxylation is 1. The van der Waals surface area contributed by atoms with Gasteiger partial charge < -0.3 is 0 Å². The maximum absolute atomic E-state index is 12.8. The molecule has 3 nitrogen and oxygen atoms in total. The van der Waals surface area contributed by atoms with Crippen molar-refractivity contribution in [2.24, 2.45) is 0 Å². The summed E-state index contributed by atoms with van der Waals surface area (Å²) in [6.45, 7) is 0.954. The molecule has 0 saturated carbocycles. The summed E-state index contributed by atoms with van der Waals surface area (Å²) in [5.74, 6) is -0.325. The van der Waals surface area contributed by atoms with E-state index in [2.05, 4.69) is 26.0 Å². The van der Waals surface area contributed by atoms with Gasteiger partial charge in [0.05, 0.1) is 22.1 Å². The van der Waals surface area contributed by atoms with Crippen molar-refractivity contribution in [3.63, 3.8) is 0 Å². The molecule has 1 aliphatic rings. The zero-order valence-corrected chi connectivity index (χ0v) is 10.7. The van der Waals surface area contributed by atoms with Crippen LogP contribution < -0.4 is 0 Å². The SMILES string of the molecule is Fc1ccc(-c2nn3c(c2Br)CCCC3)nc1. The van der Waals surface area contributed by atoms with E-state index >= 15 is 0 Å². The standard InChI is InChI=1S/C12H11BrFN3/c13-11-10-3-1-2-6-17(10)16-12(11)9-5-4-8(14)7-15-9/h4-5,7H,1-3,6H2. The van der Waals surface area contributed by atoms with Crippen molar-refractivity contribution in [2.75, 3.05) is 0 Å². The lowest BCUT2D eigenvalue weighted by Gasteiger charge is -2.12. The predicted molar refractivity (Wildman–Crippen MR) is 66.1 cm³/mol. The van der Waals surface area contributed by atoms with Gasteiger partial charge in [0, 0.05) is 6.54 Å². The van der Waals surface area contributed by atoms with Crippen LogP contribution in [0.5, 0.6) is 0 Å². The van der Waals surface area contributed by atoms with Crippen molar-refractivity contribution in [2.45, 2.75) is 25.8 Å². The fourth-order valence-corrected chi connectivity index (χ4v) is 2.82. The van der Waals surface area contributed by atoms with E-state index in [9.17, 15) is 4.39 Å². The zero-order valence-electron chi connectivity index (χ0n) is 9.16. The minimum absolute atomic E-state index is 0.325. The van der Waals surface area contributed by atoms with Gasteiger partial charge in [0.2, 0.25) is 0 Å². The Bertz CT molecular complexity index is 548. The first kappa shape index (κ1) is 10.9. The van der Waals surface area contributed by atoms with Crippen molar-refractivity contribution in [1.82, 2.24) is 14.8 Å². The molecule has 2 aromatic rings. The van der Waals surface area contributed by atoms with Crippen molar-refractivity contribution < 1.29 is 4.39 Å². The molecule has 0 N–H and O–H groups in total. The largest absolute Gasteiger partial charge is 0.268 e. The quantitative estimate of drug-likeness (QED) is 0.809. The third-order valence-electron chi connectivity index (χ3n) is 3.00. The van der Waals surface area contributed by atoms with Crippen LogP contribution in [0.3, 0.4) is 0 Å². The number of halogens is 2. The molecule has 1 aliphatic heterocycles. The molecule has 0 unspecified atom stereocenters. The number of hydrogen-bond donors (Lipinski definition) is 0. The van der Waals surface area contributed by atoms with Gasteiger partial charge in [-0.15, -0.1) is 0 Å². The van der Waals surface area contributed by atoms with E-state index in [4.69, 9.17) is 0 Å². The molecule has 17 heavy (non-hydrogen) atoms. The van der Waals surface area contributed by atoms with Crippen LogP contribution in [0, 0.1) is 5.82 Å². The minimum atomic E-state index is -0.325. The summed E-state index contributed by atoms with van der Waals surface area (Å²) in [4.78, 5) is 4.07. The Kier molecular flexibility index (Phi) is 2.70. The summed E-state index contributed by atoms with van der Waals surface area (Å²) in [6, 6.07) is 3.07. The number of hydrogen-bond acceptors (Lipinski definition) is 2. The minimum Gasteiger partial charge on any atom is -0.268 e. The van der Waals surface area contributed by atoms with E-state index in [0.29, 0.717) is 5.69 Å². The highest BCUT2D eigenvalue weighted by molar-refractivity contribution is 9.10. The van der Waals surface area contributed by atoms with Crippen LogP contribution >= 0.6 is 15.9 Å². The molecule has 5 heteroatoms. The molecule has 0 fully saturated rings. The Morgan fingerprint density at radius 2 is 2.18 bits per heavy atom. The summed E-state index contributed by atoms with van der Waals surface area (Å²) in [7, 11) is 0. The molecular weight excluding hydrogens is 285 g/mol. The normalized spacial score (nSPS) is 14.7. The average molecular weight is 296 g/mol. The number of fused-ring (bicyclic) bond motifs is 1. The second kappa shape index (κ2) is 4.22. The zero-order chi connectivity index (χ0) is 11.8. The highest BCUT2D eigenvalue weighted by Crippen LogP contribution is 2.32. The Labute approximate surface area is 107 Å². The smallest absolute Gasteiger partial charge is 0.141 e. The highest BCUT2D eigenvalue weighted by Gasteiger charge is 2.19. The van der Waals surface area contributed by atoms with E-state index in [-0.39, 0.29) is 5.82 Å². The monoisotopic (exact) mass is 295 g/mol. The Balaban J connectivity index is 2.09. The van der Waals surface area contributed by atoms with E-state index in [1.807, 2.05) is 4.68 Å². The van der Waals surface area contributed by atoms with Gasteiger partial charge in [-0.2, -0.15) is 5.10 Å². The number of nitrogens with zero attached hydrogens (tertiary/aromatic N) is 3. The van der Waals surface area contributed by atoms with E-state index in [0.717, 1.165) is 29.6 Å². The molecule has 2 aromatic heterocycles. The van der Waals surface area contributed by atoms with Gasteiger partial charge in [0.15, 0.2) is 0 Å². The van der Waals surface area contributed by atoms with Crippen molar-refractivity contribution >= 4 is 15.9 Å². The maximum Gasteiger partial charge on any atom is 0.141 e.